The summed E-state index contributed by atoms with van der Waals surface area (Å²) in [5.74, 6) is 0.775. The average Bonchev–Trinajstić information content (AvgIpc) is 3.61. The SMILES string of the molecule is O=C(CCc1cccc(Cl)c1)N1C2CCC1C(Cn1ccc3nc(-c4cn[nH]c4)ccc31)C2. The molecule has 3 aromatic heterocycles. The minimum Gasteiger partial charge on any atom is -0.346 e. The van der Waals surface area contributed by atoms with Crippen molar-refractivity contribution in [2.24, 2.45) is 5.92 Å². The van der Waals surface area contributed by atoms with Crippen molar-refractivity contribution >= 4 is 28.5 Å². The highest BCUT2D eigenvalue weighted by atomic mass is 35.5. The van der Waals surface area contributed by atoms with E-state index in [0.717, 1.165) is 65.1 Å². The molecule has 0 saturated carbocycles. The number of hydrogen-bond acceptors (Lipinski definition) is 3. The van der Waals surface area contributed by atoms with Crippen molar-refractivity contribution in [1.82, 2.24) is 24.6 Å². The molecule has 33 heavy (non-hydrogen) atoms. The van der Waals surface area contributed by atoms with Gasteiger partial charge in [0.1, 0.15) is 0 Å². The minimum absolute atomic E-state index is 0.286. The van der Waals surface area contributed by atoms with Gasteiger partial charge in [-0.25, -0.2) is 4.98 Å². The zero-order chi connectivity index (χ0) is 22.4. The number of aromatic amines is 1. The normalized spacial score (nSPS) is 21.8. The molecule has 1 N–H and O–H groups in total. The minimum atomic E-state index is 0.286. The van der Waals surface area contributed by atoms with E-state index in [1.807, 2.05) is 30.5 Å². The molecule has 1 amide bonds. The predicted octanol–water partition coefficient (Wildman–Crippen LogP) is 5.09. The predicted molar refractivity (Wildman–Crippen MR) is 129 cm³/mol. The van der Waals surface area contributed by atoms with Gasteiger partial charge >= 0.3 is 0 Å². The van der Waals surface area contributed by atoms with Crippen LogP contribution in [0, 0.1) is 5.92 Å². The molecule has 2 fully saturated rings. The molecular weight excluding hydrogens is 434 g/mol. The number of hydrogen-bond donors (Lipinski definition) is 1. The molecule has 0 aliphatic carbocycles. The largest absolute Gasteiger partial charge is 0.346 e. The third-order valence-corrected chi connectivity index (χ3v) is 7.55. The van der Waals surface area contributed by atoms with Gasteiger partial charge < -0.3 is 9.47 Å². The number of nitrogens with zero attached hydrogens (tertiary/aromatic N) is 4. The van der Waals surface area contributed by atoms with Crippen LogP contribution in [-0.4, -0.2) is 42.6 Å². The summed E-state index contributed by atoms with van der Waals surface area (Å²) in [6.07, 6.45) is 10.4. The summed E-state index contributed by atoms with van der Waals surface area (Å²) < 4.78 is 2.31. The fourth-order valence-corrected chi connectivity index (χ4v) is 6.02. The van der Waals surface area contributed by atoms with Crippen molar-refractivity contribution in [3.63, 3.8) is 0 Å². The van der Waals surface area contributed by atoms with Crippen LogP contribution in [0.1, 0.15) is 31.2 Å². The van der Waals surface area contributed by atoms with Gasteiger partial charge in [-0.05, 0) is 67.5 Å². The Hall–Kier alpha value is -3.12. The number of carbonyl (C=O) groups excluding carboxylic acids is 1. The average molecular weight is 460 g/mol. The van der Waals surface area contributed by atoms with Crippen molar-refractivity contribution in [2.45, 2.75) is 50.7 Å². The van der Waals surface area contributed by atoms with Crippen LogP contribution in [0.3, 0.4) is 0 Å². The van der Waals surface area contributed by atoms with Crippen LogP contribution < -0.4 is 0 Å². The summed E-state index contributed by atoms with van der Waals surface area (Å²) in [4.78, 5) is 20.2. The maximum absolute atomic E-state index is 13.1. The molecule has 7 heteroatoms. The van der Waals surface area contributed by atoms with Crippen LogP contribution in [0.2, 0.25) is 5.02 Å². The highest BCUT2D eigenvalue weighted by Crippen LogP contribution is 2.43. The van der Waals surface area contributed by atoms with Crippen LogP contribution in [0.15, 0.2) is 61.1 Å². The smallest absolute Gasteiger partial charge is 0.223 e. The van der Waals surface area contributed by atoms with Crippen LogP contribution >= 0.6 is 11.6 Å². The highest BCUT2D eigenvalue weighted by molar-refractivity contribution is 6.30. The Morgan fingerprint density at radius 3 is 2.97 bits per heavy atom. The van der Waals surface area contributed by atoms with Gasteiger partial charge in [0.2, 0.25) is 5.91 Å². The van der Waals surface area contributed by atoms with E-state index in [1.54, 1.807) is 6.20 Å². The van der Waals surface area contributed by atoms with Crippen molar-refractivity contribution in [2.75, 3.05) is 0 Å². The van der Waals surface area contributed by atoms with E-state index in [9.17, 15) is 4.79 Å². The zero-order valence-corrected chi connectivity index (χ0v) is 19.1. The molecule has 6 nitrogen and oxygen atoms in total. The second kappa shape index (κ2) is 8.34. The summed E-state index contributed by atoms with van der Waals surface area (Å²) in [6.45, 7) is 0.926. The van der Waals surface area contributed by atoms with Crippen LogP contribution in [0.4, 0.5) is 0 Å². The molecule has 2 aliphatic heterocycles. The van der Waals surface area contributed by atoms with Gasteiger partial charge in [-0.2, -0.15) is 5.10 Å². The molecule has 3 atom stereocenters. The first-order valence-electron chi connectivity index (χ1n) is 11.7. The quantitative estimate of drug-likeness (QED) is 0.436. The van der Waals surface area contributed by atoms with Crippen LogP contribution in [-0.2, 0) is 17.8 Å². The first-order valence-corrected chi connectivity index (χ1v) is 12.0. The Labute approximate surface area is 197 Å². The molecule has 2 bridgehead atoms. The number of aryl methyl sites for hydroxylation is 1. The molecule has 2 saturated heterocycles. The molecule has 0 spiro atoms. The van der Waals surface area contributed by atoms with Gasteiger partial charge in [0.05, 0.1) is 22.9 Å². The molecule has 5 heterocycles. The third-order valence-electron chi connectivity index (χ3n) is 7.32. The summed E-state index contributed by atoms with van der Waals surface area (Å²) in [5, 5.41) is 7.60. The fraction of sp³-hybridized carbons (Fsp3) is 0.346. The number of nitrogens with one attached hydrogen (secondary N) is 1. The Morgan fingerprint density at radius 2 is 2.12 bits per heavy atom. The summed E-state index contributed by atoms with van der Waals surface area (Å²) in [5.41, 5.74) is 5.17. The number of amides is 1. The number of fused-ring (bicyclic) bond motifs is 3. The molecule has 4 aromatic rings. The molecule has 168 valence electrons. The van der Waals surface area contributed by atoms with Crippen LogP contribution in [0.25, 0.3) is 22.3 Å². The summed E-state index contributed by atoms with van der Waals surface area (Å²) in [6, 6.07) is 14.8. The Bertz CT molecular complexity index is 1300. The standard InChI is InChI=1S/C26H26ClN5O/c27-20-3-1-2-17(12-20)4-9-26(33)32-21-5-7-24(32)18(13-21)16-31-11-10-23-25(31)8-6-22(30-23)19-14-28-29-15-19/h1-3,6,8,10-12,14-15,18,21,24H,4-5,7,9,13,16H2,(H,28,29). The summed E-state index contributed by atoms with van der Waals surface area (Å²) in [7, 11) is 0. The van der Waals surface area contributed by atoms with Crippen molar-refractivity contribution < 1.29 is 4.79 Å². The van der Waals surface area contributed by atoms with Gasteiger partial charge in [-0.3, -0.25) is 9.89 Å². The lowest BCUT2D eigenvalue weighted by Crippen LogP contribution is -2.37. The van der Waals surface area contributed by atoms with Crippen molar-refractivity contribution in [1.29, 1.82) is 0 Å². The van der Waals surface area contributed by atoms with Crippen molar-refractivity contribution in [3.05, 3.63) is 71.6 Å². The Kier molecular flexibility index (Phi) is 5.18. The van der Waals surface area contributed by atoms with Crippen LogP contribution in [0.5, 0.6) is 0 Å². The lowest BCUT2D eigenvalue weighted by atomic mass is 9.89. The number of rotatable bonds is 6. The molecule has 3 unspecified atom stereocenters. The van der Waals surface area contributed by atoms with Gasteiger partial charge in [0.15, 0.2) is 0 Å². The Morgan fingerprint density at radius 1 is 1.18 bits per heavy atom. The van der Waals surface area contributed by atoms with Gasteiger partial charge in [-0.15, -0.1) is 0 Å². The van der Waals surface area contributed by atoms with E-state index in [2.05, 4.69) is 44.1 Å². The van der Waals surface area contributed by atoms with Gasteiger partial charge in [0.25, 0.3) is 0 Å². The summed E-state index contributed by atoms with van der Waals surface area (Å²) >= 11 is 6.10. The number of benzene rings is 1. The van der Waals surface area contributed by atoms with E-state index < -0.39 is 0 Å². The van der Waals surface area contributed by atoms with E-state index in [-0.39, 0.29) is 5.91 Å². The molecular formula is C26H26ClN5O. The van der Waals surface area contributed by atoms with Crippen molar-refractivity contribution in [3.8, 4) is 11.3 Å². The van der Waals surface area contributed by atoms with Gasteiger partial charge in [-0.1, -0.05) is 23.7 Å². The highest BCUT2D eigenvalue weighted by Gasteiger charge is 2.48. The molecule has 2 aliphatic rings. The maximum atomic E-state index is 13.1. The number of H-pyrrole nitrogens is 1. The lowest BCUT2D eigenvalue weighted by molar-refractivity contribution is -0.132. The number of carbonyl (C=O) groups is 1. The van der Waals surface area contributed by atoms with E-state index in [1.165, 1.54) is 0 Å². The molecule has 6 rings (SSSR count). The second-order valence-electron chi connectivity index (χ2n) is 9.28. The lowest BCUT2D eigenvalue weighted by Gasteiger charge is -2.25. The monoisotopic (exact) mass is 459 g/mol. The van der Waals surface area contributed by atoms with E-state index in [4.69, 9.17) is 16.6 Å². The first kappa shape index (κ1) is 20.5. The first-order chi connectivity index (χ1) is 16.2. The third kappa shape index (κ3) is 3.82. The number of pyridine rings is 1. The zero-order valence-electron chi connectivity index (χ0n) is 18.3. The Balaban J connectivity index is 1.15. The molecule has 1 aromatic carbocycles. The fourth-order valence-electron chi connectivity index (χ4n) is 5.81. The number of aromatic nitrogens is 4. The maximum Gasteiger partial charge on any atom is 0.223 e. The number of halogens is 1. The molecule has 0 radical (unpaired) electrons. The van der Waals surface area contributed by atoms with E-state index >= 15 is 0 Å². The second-order valence-corrected chi connectivity index (χ2v) is 9.72. The topological polar surface area (TPSA) is 66.8 Å². The van der Waals surface area contributed by atoms with E-state index in [0.29, 0.717) is 24.4 Å². The van der Waals surface area contributed by atoms with Gasteiger partial charge in [0, 0.05) is 48.0 Å².